The molecule has 3 nitrogen and oxygen atoms in total. The maximum Gasteiger partial charge on any atom is 0.228 e. The molecule has 0 saturated heterocycles. The van der Waals surface area contributed by atoms with Crippen molar-refractivity contribution in [2.45, 2.75) is 12.8 Å². The van der Waals surface area contributed by atoms with Crippen LogP contribution in [0.25, 0.3) is 0 Å². The molecule has 1 aromatic rings. The van der Waals surface area contributed by atoms with Gasteiger partial charge >= 0.3 is 0 Å². The Bertz CT molecular complexity index is 352. The van der Waals surface area contributed by atoms with Gasteiger partial charge in [-0.05, 0) is 23.2 Å². The van der Waals surface area contributed by atoms with Gasteiger partial charge in [-0.1, -0.05) is 19.1 Å². The van der Waals surface area contributed by atoms with Crippen LogP contribution in [0.4, 0.5) is 5.69 Å². The highest BCUT2D eigenvalue weighted by atomic mass is 35.5. The minimum Gasteiger partial charge on any atom is -0.495 e. The molecule has 4 heteroatoms. The fourth-order valence-corrected chi connectivity index (χ4v) is 1.36. The zero-order valence-corrected chi connectivity index (χ0v) is 8.84. The zero-order chi connectivity index (χ0) is 10.7. The van der Waals surface area contributed by atoms with Gasteiger partial charge in [0.25, 0.3) is 0 Å². The molecular weight excluding hydrogens is 202 g/mol. The van der Waals surface area contributed by atoms with Gasteiger partial charge in [0.15, 0.2) is 0 Å². The lowest BCUT2D eigenvalue weighted by atomic mass is 10.0. The highest BCUT2D eigenvalue weighted by Gasteiger charge is 2.17. The number of nitrogen functional groups attached to an aromatic ring is 1. The van der Waals surface area contributed by atoms with Crippen molar-refractivity contribution in [3.05, 3.63) is 23.8 Å². The van der Waals surface area contributed by atoms with Crippen molar-refractivity contribution >= 4 is 22.5 Å². The molecular formula is C10H12ClNO2. The molecule has 0 fully saturated rings. The van der Waals surface area contributed by atoms with Gasteiger partial charge in [-0.25, -0.2) is 0 Å². The summed E-state index contributed by atoms with van der Waals surface area (Å²) in [6.45, 7) is 1.71. The van der Waals surface area contributed by atoms with Crippen molar-refractivity contribution in [2.24, 2.45) is 0 Å². The predicted octanol–water partition coefficient (Wildman–Crippen LogP) is 2.15. The summed E-state index contributed by atoms with van der Waals surface area (Å²) in [5.41, 5.74) is 6.96. The summed E-state index contributed by atoms with van der Waals surface area (Å²) in [5.74, 6) is 0.152. The molecule has 0 bridgehead atoms. The van der Waals surface area contributed by atoms with Gasteiger partial charge in [0.1, 0.15) is 5.75 Å². The highest BCUT2D eigenvalue weighted by Crippen LogP contribution is 2.31. The lowest BCUT2D eigenvalue weighted by Crippen LogP contribution is -2.06. The van der Waals surface area contributed by atoms with Crippen LogP contribution in [0, 0.1) is 0 Å². The second-order valence-corrected chi connectivity index (χ2v) is 3.36. The Morgan fingerprint density at radius 1 is 1.57 bits per heavy atom. The summed E-state index contributed by atoms with van der Waals surface area (Å²) in [6, 6.07) is 5.29. The van der Waals surface area contributed by atoms with Crippen molar-refractivity contribution in [1.29, 1.82) is 0 Å². The molecule has 0 radical (unpaired) electrons. The molecule has 14 heavy (non-hydrogen) atoms. The molecule has 1 unspecified atom stereocenters. The molecule has 1 atom stereocenters. The SMILES string of the molecule is COc1cccc(C(C)C(=O)Cl)c1N. The van der Waals surface area contributed by atoms with Crippen molar-refractivity contribution in [3.8, 4) is 5.75 Å². The largest absolute Gasteiger partial charge is 0.495 e. The average Bonchev–Trinajstić information content (AvgIpc) is 2.17. The third kappa shape index (κ3) is 1.99. The van der Waals surface area contributed by atoms with E-state index in [1.165, 1.54) is 7.11 Å². The van der Waals surface area contributed by atoms with E-state index in [1.54, 1.807) is 25.1 Å². The van der Waals surface area contributed by atoms with Crippen molar-refractivity contribution < 1.29 is 9.53 Å². The third-order valence-electron chi connectivity index (χ3n) is 2.13. The Kier molecular flexibility index (Phi) is 3.36. The predicted molar refractivity (Wildman–Crippen MR) is 56.7 cm³/mol. The zero-order valence-electron chi connectivity index (χ0n) is 8.08. The standard InChI is InChI=1S/C10H12ClNO2/c1-6(10(11)13)7-4-3-5-8(14-2)9(7)12/h3-6H,12H2,1-2H3. The first-order valence-corrected chi connectivity index (χ1v) is 4.57. The van der Waals surface area contributed by atoms with Crippen molar-refractivity contribution in [2.75, 3.05) is 12.8 Å². The number of nitrogens with two attached hydrogens (primary N) is 1. The fourth-order valence-electron chi connectivity index (χ4n) is 1.24. The van der Waals surface area contributed by atoms with Gasteiger partial charge in [-0.15, -0.1) is 0 Å². The lowest BCUT2D eigenvalue weighted by Gasteiger charge is -2.12. The molecule has 0 saturated carbocycles. The molecule has 2 N–H and O–H groups in total. The Morgan fingerprint density at radius 2 is 2.21 bits per heavy atom. The molecule has 1 aromatic carbocycles. The minimum absolute atomic E-state index is 0.410. The summed E-state index contributed by atoms with van der Waals surface area (Å²) in [4.78, 5) is 11.0. The van der Waals surface area contributed by atoms with E-state index >= 15 is 0 Å². The maximum absolute atomic E-state index is 11.0. The Morgan fingerprint density at radius 3 is 2.71 bits per heavy atom. The normalized spacial score (nSPS) is 12.2. The Hall–Kier alpha value is -1.22. The van der Waals surface area contributed by atoms with E-state index < -0.39 is 11.2 Å². The first-order valence-electron chi connectivity index (χ1n) is 4.19. The van der Waals surface area contributed by atoms with Crippen molar-refractivity contribution in [3.63, 3.8) is 0 Å². The van der Waals surface area contributed by atoms with Crippen LogP contribution in [0.1, 0.15) is 18.4 Å². The number of anilines is 1. The number of halogens is 1. The minimum atomic E-state index is -0.426. The smallest absolute Gasteiger partial charge is 0.228 e. The number of hydrogen-bond donors (Lipinski definition) is 1. The molecule has 0 amide bonds. The number of methoxy groups -OCH3 is 1. The quantitative estimate of drug-likeness (QED) is 0.618. The molecule has 0 spiro atoms. The van der Waals surface area contributed by atoms with E-state index in [0.29, 0.717) is 17.0 Å². The molecule has 0 aliphatic heterocycles. The van der Waals surface area contributed by atoms with Gasteiger partial charge in [-0.3, -0.25) is 4.79 Å². The van der Waals surface area contributed by atoms with Crippen LogP contribution in [0.3, 0.4) is 0 Å². The molecule has 1 rings (SSSR count). The topological polar surface area (TPSA) is 52.3 Å². The van der Waals surface area contributed by atoms with E-state index in [2.05, 4.69) is 0 Å². The number of carbonyl (C=O) groups excluding carboxylic acids is 1. The second kappa shape index (κ2) is 4.33. The fraction of sp³-hybridized carbons (Fsp3) is 0.300. The van der Waals surface area contributed by atoms with E-state index in [4.69, 9.17) is 22.1 Å². The molecule has 0 aliphatic rings. The van der Waals surface area contributed by atoms with Gasteiger partial charge in [0, 0.05) is 0 Å². The summed E-state index contributed by atoms with van der Waals surface area (Å²) >= 11 is 5.39. The van der Waals surface area contributed by atoms with E-state index in [9.17, 15) is 4.79 Å². The first kappa shape index (κ1) is 10.9. The maximum atomic E-state index is 11.0. The van der Waals surface area contributed by atoms with Crippen LogP contribution in [-0.4, -0.2) is 12.4 Å². The lowest BCUT2D eigenvalue weighted by molar-refractivity contribution is -0.112. The van der Waals surface area contributed by atoms with Crippen LogP contribution in [0.2, 0.25) is 0 Å². The van der Waals surface area contributed by atoms with Gasteiger partial charge in [-0.2, -0.15) is 0 Å². The Balaban J connectivity index is 3.15. The number of ether oxygens (including phenoxy) is 1. The van der Waals surface area contributed by atoms with E-state index in [1.807, 2.05) is 0 Å². The van der Waals surface area contributed by atoms with Crippen LogP contribution >= 0.6 is 11.6 Å². The molecule has 0 heterocycles. The first-order chi connectivity index (χ1) is 6.57. The summed E-state index contributed by atoms with van der Waals surface area (Å²) in [5, 5.41) is -0.426. The second-order valence-electron chi connectivity index (χ2n) is 2.99. The summed E-state index contributed by atoms with van der Waals surface area (Å²) in [6.07, 6.45) is 0. The van der Waals surface area contributed by atoms with Gasteiger partial charge < -0.3 is 10.5 Å². The van der Waals surface area contributed by atoms with E-state index in [0.717, 1.165) is 0 Å². The van der Waals surface area contributed by atoms with Crippen LogP contribution < -0.4 is 10.5 Å². The molecule has 0 aliphatic carbocycles. The number of carbonyl (C=O) groups is 1. The Labute approximate surface area is 87.8 Å². The number of para-hydroxylation sites is 1. The number of rotatable bonds is 3. The average molecular weight is 214 g/mol. The van der Waals surface area contributed by atoms with E-state index in [-0.39, 0.29) is 0 Å². The van der Waals surface area contributed by atoms with Crippen LogP contribution in [0.5, 0.6) is 5.75 Å². The number of benzene rings is 1. The molecule has 76 valence electrons. The summed E-state index contributed by atoms with van der Waals surface area (Å²) in [7, 11) is 1.53. The third-order valence-corrected chi connectivity index (χ3v) is 2.45. The van der Waals surface area contributed by atoms with Crippen LogP contribution in [0.15, 0.2) is 18.2 Å². The van der Waals surface area contributed by atoms with Crippen LogP contribution in [-0.2, 0) is 4.79 Å². The van der Waals surface area contributed by atoms with Crippen molar-refractivity contribution in [1.82, 2.24) is 0 Å². The summed E-state index contributed by atoms with van der Waals surface area (Å²) < 4.78 is 5.04. The monoisotopic (exact) mass is 213 g/mol. The highest BCUT2D eigenvalue weighted by molar-refractivity contribution is 6.64. The van der Waals surface area contributed by atoms with Gasteiger partial charge in [0.2, 0.25) is 5.24 Å². The van der Waals surface area contributed by atoms with Gasteiger partial charge in [0.05, 0.1) is 18.7 Å². The molecule has 0 aromatic heterocycles. The number of hydrogen-bond acceptors (Lipinski definition) is 3.